The fraction of sp³-hybridized carbons (Fsp3) is 0.750. The van der Waals surface area contributed by atoms with Crippen molar-refractivity contribution in [2.75, 3.05) is 6.61 Å². The van der Waals surface area contributed by atoms with Gasteiger partial charge in [0.15, 0.2) is 0 Å². The second-order valence-electron chi connectivity index (χ2n) is 1.19. The molecular formula is C4H7NO. The van der Waals surface area contributed by atoms with Crippen molar-refractivity contribution < 1.29 is 6.21 Å². The molecule has 1 aliphatic heterocycles. The van der Waals surface area contributed by atoms with Crippen LogP contribution in [-0.4, -0.2) is 12.8 Å². The predicted octanol–water partition coefficient (Wildman–Crippen LogP) is 0.783. The Morgan fingerprint density at radius 3 is 3.33 bits per heavy atom. The van der Waals surface area contributed by atoms with Gasteiger partial charge in [-0.15, -0.1) is 0 Å². The molecule has 0 radical (unpaired) electrons. The molecule has 0 aliphatic carbocycles. The molecule has 1 rings (SSSR count). The molecule has 0 spiro atoms. The van der Waals surface area contributed by atoms with E-state index in [0.717, 1.165) is 12.8 Å². The molecule has 1 heterocycles. The Balaban J connectivity index is 2.40. The van der Waals surface area contributed by atoms with Crippen LogP contribution >= 0.6 is 0 Å². The van der Waals surface area contributed by atoms with E-state index < -0.39 is 0 Å². The fourth-order valence-electron chi connectivity index (χ4n) is 0.353. The van der Waals surface area contributed by atoms with E-state index in [9.17, 15) is 0 Å². The minimum absolute atomic E-state index is 0.367. The first kappa shape index (κ1) is 2.61. The van der Waals surface area contributed by atoms with Crippen molar-refractivity contribution in [1.29, 1.82) is 0 Å². The second-order valence-corrected chi connectivity index (χ2v) is 1.19. The molecule has 34 valence electrons. The van der Waals surface area contributed by atoms with Crippen LogP contribution in [0.1, 0.15) is 14.2 Å². The Bertz CT molecular complexity index is 91.7. The van der Waals surface area contributed by atoms with E-state index in [2.05, 4.69) is 9.99 Å². The van der Waals surface area contributed by atoms with Gasteiger partial charge in [-0.2, -0.15) is 0 Å². The number of nitrogens with zero attached hydrogens (tertiary/aromatic N) is 1. The lowest BCUT2D eigenvalue weighted by Crippen LogP contribution is -1.94. The molecule has 0 bridgehead atoms. The summed E-state index contributed by atoms with van der Waals surface area (Å²) in [7, 11) is 0. The zero-order valence-corrected chi connectivity index (χ0v) is 3.48. The summed E-state index contributed by atoms with van der Waals surface area (Å²) in [4.78, 5) is 4.58. The van der Waals surface area contributed by atoms with E-state index in [4.69, 9.17) is 1.37 Å². The average Bonchev–Trinajstić information content (AvgIpc) is 1.69. The molecule has 2 heteroatoms. The molecule has 2 nitrogen and oxygen atoms in total. The van der Waals surface area contributed by atoms with Crippen molar-refractivity contribution in [3.05, 3.63) is 0 Å². The molecule has 0 N–H and O–H groups in total. The molecule has 0 aromatic rings. The van der Waals surface area contributed by atoms with Crippen LogP contribution in [0, 0.1) is 0 Å². The first-order valence-electron chi connectivity index (χ1n) is 2.55. The van der Waals surface area contributed by atoms with Gasteiger partial charge in [-0.3, -0.25) is 0 Å². The van der Waals surface area contributed by atoms with E-state index in [1.807, 2.05) is 0 Å². The minimum atomic E-state index is 0.367. The predicted molar refractivity (Wildman–Crippen MR) is 23.7 cm³/mol. The summed E-state index contributed by atoms with van der Waals surface area (Å²) < 4.78 is 6.90. The smallest absolute Gasteiger partial charge is 0.117 e. The van der Waals surface area contributed by atoms with Crippen LogP contribution in [0.3, 0.4) is 0 Å². The standard InChI is InChI=1S/C4H7NO/c1-2-4-6-5-3-1/h3H,1-2,4H2/i3D. The van der Waals surface area contributed by atoms with Crippen LogP contribution in [0.5, 0.6) is 0 Å². The summed E-state index contributed by atoms with van der Waals surface area (Å²) in [6, 6.07) is 0. The van der Waals surface area contributed by atoms with Crippen LogP contribution in [0.4, 0.5) is 0 Å². The van der Waals surface area contributed by atoms with Crippen LogP contribution in [-0.2, 0) is 4.84 Å². The van der Waals surface area contributed by atoms with E-state index >= 15 is 0 Å². The summed E-state index contributed by atoms with van der Waals surface area (Å²) in [5.74, 6) is 0. The van der Waals surface area contributed by atoms with Gasteiger partial charge in [-0.05, 0) is 12.8 Å². The number of rotatable bonds is 0. The molecule has 0 fully saturated rings. The largest absolute Gasteiger partial charge is 0.396 e. The van der Waals surface area contributed by atoms with E-state index in [1.165, 1.54) is 0 Å². The van der Waals surface area contributed by atoms with Gasteiger partial charge in [0.2, 0.25) is 0 Å². The van der Waals surface area contributed by atoms with Crippen LogP contribution < -0.4 is 0 Å². The van der Waals surface area contributed by atoms with Crippen molar-refractivity contribution in [3.63, 3.8) is 0 Å². The van der Waals surface area contributed by atoms with Gasteiger partial charge >= 0.3 is 0 Å². The highest BCUT2D eigenvalue weighted by Crippen LogP contribution is 1.92. The topological polar surface area (TPSA) is 21.6 Å². The van der Waals surface area contributed by atoms with E-state index in [0.29, 0.717) is 12.8 Å². The Hall–Kier alpha value is -0.530. The summed E-state index contributed by atoms with van der Waals surface area (Å²) >= 11 is 0. The normalized spacial score (nSPS) is 24.0. The summed E-state index contributed by atoms with van der Waals surface area (Å²) in [6.07, 6.45) is 2.09. The van der Waals surface area contributed by atoms with Gasteiger partial charge in [-0.1, -0.05) is 5.16 Å². The molecule has 0 aromatic carbocycles. The van der Waals surface area contributed by atoms with Gasteiger partial charge in [0.1, 0.15) is 6.61 Å². The monoisotopic (exact) mass is 86.1 g/mol. The maximum atomic E-state index is 6.90. The van der Waals surface area contributed by atoms with Crippen LogP contribution in [0.2, 0.25) is 0 Å². The van der Waals surface area contributed by atoms with Crippen molar-refractivity contribution in [3.8, 4) is 0 Å². The Kier molecular flexibility index (Phi) is 0.783. The highest BCUT2D eigenvalue weighted by atomic mass is 16.6. The van der Waals surface area contributed by atoms with Crippen molar-refractivity contribution in [2.24, 2.45) is 5.16 Å². The lowest BCUT2D eigenvalue weighted by molar-refractivity contribution is 0.134. The summed E-state index contributed by atoms with van der Waals surface area (Å²) in [6.45, 7) is 0.683. The highest BCUT2D eigenvalue weighted by molar-refractivity contribution is 5.56. The SMILES string of the molecule is [2H]C1=NOCCC1. The van der Waals surface area contributed by atoms with Crippen LogP contribution in [0.25, 0.3) is 0 Å². The molecular weight excluding hydrogens is 78.0 g/mol. The Morgan fingerprint density at radius 1 is 2.00 bits per heavy atom. The third-order valence-corrected chi connectivity index (χ3v) is 0.653. The maximum absolute atomic E-state index is 6.90. The Morgan fingerprint density at radius 2 is 3.00 bits per heavy atom. The molecule has 0 aromatic heterocycles. The molecule has 1 aliphatic rings. The summed E-state index contributed by atoms with van der Waals surface area (Å²) in [5.41, 5.74) is 0. The van der Waals surface area contributed by atoms with E-state index in [-0.39, 0.29) is 0 Å². The zero-order valence-electron chi connectivity index (χ0n) is 4.48. The molecule has 0 atom stereocenters. The third kappa shape index (κ3) is 0.708. The van der Waals surface area contributed by atoms with E-state index in [1.54, 1.807) is 0 Å². The van der Waals surface area contributed by atoms with Crippen molar-refractivity contribution in [1.82, 2.24) is 0 Å². The van der Waals surface area contributed by atoms with Gasteiger partial charge in [0.25, 0.3) is 0 Å². The second kappa shape index (κ2) is 1.80. The highest BCUT2D eigenvalue weighted by Gasteiger charge is 1.88. The van der Waals surface area contributed by atoms with Gasteiger partial charge in [0, 0.05) is 6.19 Å². The Labute approximate surface area is 38.2 Å². The van der Waals surface area contributed by atoms with Crippen molar-refractivity contribution >= 4 is 6.19 Å². The fourth-order valence-corrected chi connectivity index (χ4v) is 0.353. The van der Waals surface area contributed by atoms with Gasteiger partial charge in [0.05, 0.1) is 1.37 Å². The lowest BCUT2D eigenvalue weighted by atomic mass is 10.3. The minimum Gasteiger partial charge on any atom is -0.396 e. The molecule has 0 amide bonds. The first-order valence-corrected chi connectivity index (χ1v) is 2.05. The molecule has 6 heavy (non-hydrogen) atoms. The molecule has 0 unspecified atom stereocenters. The zero-order chi connectivity index (χ0) is 5.11. The number of oxime groups is 1. The number of hydrogen-bond acceptors (Lipinski definition) is 2. The summed E-state index contributed by atoms with van der Waals surface area (Å²) in [5, 5.41) is 3.41. The first-order chi connectivity index (χ1) is 3.39. The van der Waals surface area contributed by atoms with Gasteiger partial charge in [-0.25, -0.2) is 0 Å². The van der Waals surface area contributed by atoms with Crippen molar-refractivity contribution in [2.45, 2.75) is 12.8 Å². The maximum Gasteiger partial charge on any atom is 0.117 e. The van der Waals surface area contributed by atoms with Gasteiger partial charge < -0.3 is 4.84 Å². The molecule has 0 saturated carbocycles. The number of hydrogen-bond donors (Lipinski definition) is 0. The quantitative estimate of drug-likeness (QED) is 0.427. The average molecular weight is 86.1 g/mol. The lowest BCUT2D eigenvalue weighted by Gasteiger charge is -1.99. The van der Waals surface area contributed by atoms with Crippen LogP contribution in [0.15, 0.2) is 5.16 Å². The third-order valence-electron chi connectivity index (χ3n) is 0.653. The molecule has 0 saturated heterocycles.